The first-order valence-corrected chi connectivity index (χ1v) is 6.64. The number of rotatable bonds is 2. The zero-order valence-corrected chi connectivity index (χ0v) is 11.8. The van der Waals surface area contributed by atoms with E-state index in [1.165, 1.54) is 16.8 Å². The van der Waals surface area contributed by atoms with Crippen molar-refractivity contribution in [3.8, 4) is 0 Å². The van der Waals surface area contributed by atoms with Crippen LogP contribution >= 0.6 is 0 Å². The van der Waals surface area contributed by atoms with Crippen LogP contribution in [0.4, 0.5) is 5.69 Å². The molecule has 1 aliphatic heterocycles. The Kier molecular flexibility index (Phi) is 3.64. The number of benzene rings is 1. The molecular weight excluding hydrogens is 224 g/mol. The summed E-state index contributed by atoms with van der Waals surface area (Å²) in [6.07, 6.45) is 0. The van der Waals surface area contributed by atoms with E-state index in [4.69, 9.17) is 0 Å². The molecule has 0 radical (unpaired) electrons. The predicted molar refractivity (Wildman–Crippen MR) is 76.2 cm³/mol. The van der Waals surface area contributed by atoms with Gasteiger partial charge in [0.2, 0.25) is 0 Å². The summed E-state index contributed by atoms with van der Waals surface area (Å²) in [5, 5.41) is 13.0. The zero-order chi connectivity index (χ0) is 13.3. The molecule has 1 saturated heterocycles. The average molecular weight is 248 g/mol. The number of aryl methyl sites for hydroxylation is 1. The number of hydrogen-bond donors (Lipinski definition) is 2. The molecule has 0 saturated carbocycles. The van der Waals surface area contributed by atoms with Crippen molar-refractivity contribution >= 4 is 5.69 Å². The Morgan fingerprint density at radius 3 is 2.78 bits per heavy atom. The van der Waals surface area contributed by atoms with Crippen LogP contribution in [0.3, 0.4) is 0 Å². The van der Waals surface area contributed by atoms with E-state index >= 15 is 0 Å². The number of nitrogens with one attached hydrogen (secondary N) is 1. The second-order valence-electron chi connectivity index (χ2n) is 5.87. The van der Waals surface area contributed by atoms with Gasteiger partial charge in [0.05, 0.1) is 12.6 Å². The van der Waals surface area contributed by atoms with Crippen LogP contribution < -0.4 is 10.2 Å². The standard InChI is InChI=1S/C15H24N2O/c1-11-6-5-7-14(12(11)2)17-13(9-18)8-16-10-15(17,3)4/h5-7,13,16,18H,8-10H2,1-4H3. The SMILES string of the molecule is Cc1cccc(N2C(CO)CNCC2(C)C)c1C. The molecule has 1 heterocycles. The average Bonchev–Trinajstić information content (AvgIpc) is 2.32. The van der Waals surface area contributed by atoms with E-state index in [0.29, 0.717) is 0 Å². The number of anilines is 1. The first kappa shape index (κ1) is 13.4. The van der Waals surface area contributed by atoms with Crippen molar-refractivity contribution in [2.24, 2.45) is 0 Å². The monoisotopic (exact) mass is 248 g/mol. The molecule has 100 valence electrons. The summed E-state index contributed by atoms with van der Waals surface area (Å²) < 4.78 is 0. The lowest BCUT2D eigenvalue weighted by atomic mass is 9.93. The van der Waals surface area contributed by atoms with Gasteiger partial charge < -0.3 is 15.3 Å². The summed E-state index contributed by atoms with van der Waals surface area (Å²) in [4.78, 5) is 2.38. The van der Waals surface area contributed by atoms with Gasteiger partial charge in [-0.3, -0.25) is 0 Å². The van der Waals surface area contributed by atoms with Crippen LogP contribution in [0.5, 0.6) is 0 Å². The molecule has 0 bridgehead atoms. The highest BCUT2D eigenvalue weighted by atomic mass is 16.3. The number of piperazine rings is 1. The minimum absolute atomic E-state index is 0.0181. The third-order valence-electron chi connectivity index (χ3n) is 4.00. The van der Waals surface area contributed by atoms with Crippen molar-refractivity contribution in [3.05, 3.63) is 29.3 Å². The van der Waals surface area contributed by atoms with E-state index in [9.17, 15) is 5.11 Å². The summed E-state index contributed by atoms with van der Waals surface area (Å²) in [5.41, 5.74) is 3.88. The van der Waals surface area contributed by atoms with E-state index in [0.717, 1.165) is 13.1 Å². The van der Waals surface area contributed by atoms with E-state index in [-0.39, 0.29) is 18.2 Å². The predicted octanol–water partition coefficient (Wildman–Crippen LogP) is 1.85. The van der Waals surface area contributed by atoms with E-state index in [2.05, 4.69) is 56.1 Å². The first-order valence-electron chi connectivity index (χ1n) is 6.64. The Balaban J connectivity index is 2.46. The molecular formula is C15H24N2O. The summed E-state index contributed by atoms with van der Waals surface area (Å²) >= 11 is 0. The third kappa shape index (κ3) is 2.25. The lowest BCUT2D eigenvalue weighted by molar-refractivity contribution is 0.212. The molecule has 1 fully saturated rings. The van der Waals surface area contributed by atoms with Gasteiger partial charge in [-0.15, -0.1) is 0 Å². The van der Waals surface area contributed by atoms with Crippen molar-refractivity contribution in [2.45, 2.75) is 39.3 Å². The molecule has 2 N–H and O–H groups in total. The smallest absolute Gasteiger partial charge is 0.0651 e. The van der Waals surface area contributed by atoms with E-state index in [1.807, 2.05) is 0 Å². The second-order valence-corrected chi connectivity index (χ2v) is 5.87. The van der Waals surface area contributed by atoms with Crippen LogP contribution in [0.15, 0.2) is 18.2 Å². The van der Waals surface area contributed by atoms with Crippen LogP contribution in [0.2, 0.25) is 0 Å². The van der Waals surface area contributed by atoms with Gasteiger partial charge in [-0.05, 0) is 44.9 Å². The molecule has 2 rings (SSSR count). The third-order valence-corrected chi connectivity index (χ3v) is 4.00. The molecule has 1 aliphatic rings. The van der Waals surface area contributed by atoms with Crippen LogP contribution in [0, 0.1) is 13.8 Å². The maximum Gasteiger partial charge on any atom is 0.0651 e. The van der Waals surface area contributed by atoms with Gasteiger partial charge in [0.1, 0.15) is 0 Å². The maximum absolute atomic E-state index is 9.63. The van der Waals surface area contributed by atoms with Gasteiger partial charge in [-0.25, -0.2) is 0 Å². The van der Waals surface area contributed by atoms with Gasteiger partial charge in [0.25, 0.3) is 0 Å². The minimum Gasteiger partial charge on any atom is -0.394 e. The molecule has 0 aromatic heterocycles. The quantitative estimate of drug-likeness (QED) is 0.838. The van der Waals surface area contributed by atoms with Crippen molar-refractivity contribution in [1.82, 2.24) is 5.32 Å². The Morgan fingerprint density at radius 2 is 2.11 bits per heavy atom. The molecule has 0 amide bonds. The maximum atomic E-state index is 9.63. The van der Waals surface area contributed by atoms with Crippen LogP contribution in [0.25, 0.3) is 0 Å². The summed E-state index contributed by atoms with van der Waals surface area (Å²) in [6, 6.07) is 6.55. The minimum atomic E-state index is 0.0181. The van der Waals surface area contributed by atoms with Crippen molar-refractivity contribution in [3.63, 3.8) is 0 Å². The molecule has 1 atom stereocenters. The van der Waals surface area contributed by atoms with Crippen molar-refractivity contribution in [2.75, 3.05) is 24.6 Å². The fourth-order valence-corrected chi connectivity index (χ4v) is 2.88. The molecule has 1 aromatic carbocycles. The molecule has 0 spiro atoms. The molecule has 3 heteroatoms. The van der Waals surface area contributed by atoms with Gasteiger partial charge in [0, 0.05) is 24.3 Å². The van der Waals surface area contributed by atoms with Gasteiger partial charge in [-0.1, -0.05) is 12.1 Å². The fourth-order valence-electron chi connectivity index (χ4n) is 2.88. The highest BCUT2D eigenvalue weighted by Gasteiger charge is 2.36. The fraction of sp³-hybridized carbons (Fsp3) is 0.600. The van der Waals surface area contributed by atoms with Crippen LogP contribution in [-0.4, -0.2) is 36.4 Å². The van der Waals surface area contributed by atoms with Crippen molar-refractivity contribution < 1.29 is 5.11 Å². The largest absolute Gasteiger partial charge is 0.394 e. The first-order chi connectivity index (χ1) is 8.47. The lowest BCUT2D eigenvalue weighted by Gasteiger charge is -2.50. The molecule has 3 nitrogen and oxygen atoms in total. The molecule has 1 aromatic rings. The summed E-state index contributed by atoms with van der Waals surface area (Å²) in [5.74, 6) is 0. The van der Waals surface area contributed by atoms with Gasteiger partial charge in [0.15, 0.2) is 0 Å². The molecule has 0 aliphatic carbocycles. The number of nitrogens with zero attached hydrogens (tertiary/aromatic N) is 1. The van der Waals surface area contributed by atoms with Crippen LogP contribution in [-0.2, 0) is 0 Å². The number of hydrogen-bond acceptors (Lipinski definition) is 3. The van der Waals surface area contributed by atoms with Gasteiger partial charge >= 0.3 is 0 Å². The van der Waals surface area contributed by atoms with E-state index < -0.39 is 0 Å². The Hall–Kier alpha value is -1.06. The Morgan fingerprint density at radius 1 is 1.39 bits per heavy atom. The normalized spacial score (nSPS) is 23.2. The number of aliphatic hydroxyl groups excluding tert-OH is 1. The summed E-state index contributed by atoms with van der Waals surface area (Å²) in [6.45, 7) is 10.7. The Bertz CT molecular complexity index is 429. The number of aliphatic hydroxyl groups is 1. The summed E-state index contributed by atoms with van der Waals surface area (Å²) in [7, 11) is 0. The topological polar surface area (TPSA) is 35.5 Å². The highest BCUT2D eigenvalue weighted by Crippen LogP contribution is 2.32. The van der Waals surface area contributed by atoms with E-state index in [1.54, 1.807) is 0 Å². The zero-order valence-electron chi connectivity index (χ0n) is 11.8. The second kappa shape index (κ2) is 4.90. The molecule has 18 heavy (non-hydrogen) atoms. The van der Waals surface area contributed by atoms with Crippen LogP contribution in [0.1, 0.15) is 25.0 Å². The van der Waals surface area contributed by atoms with Crippen molar-refractivity contribution in [1.29, 1.82) is 0 Å². The lowest BCUT2D eigenvalue weighted by Crippen LogP contribution is -2.64. The highest BCUT2D eigenvalue weighted by molar-refractivity contribution is 5.59. The van der Waals surface area contributed by atoms with Gasteiger partial charge in [-0.2, -0.15) is 0 Å². The Labute approximate surface area is 110 Å². The molecule has 1 unspecified atom stereocenters.